The van der Waals surface area contributed by atoms with E-state index in [9.17, 15) is 0 Å². The van der Waals surface area contributed by atoms with Crippen molar-refractivity contribution in [3.63, 3.8) is 0 Å². The number of hydrogen-bond donors (Lipinski definition) is 1. The van der Waals surface area contributed by atoms with E-state index in [1.165, 1.54) is 5.56 Å². The van der Waals surface area contributed by atoms with Crippen molar-refractivity contribution < 1.29 is 0 Å². The summed E-state index contributed by atoms with van der Waals surface area (Å²) in [5, 5.41) is 15.4. The van der Waals surface area contributed by atoms with Crippen molar-refractivity contribution in [1.29, 1.82) is 0 Å². The molecule has 6 nitrogen and oxygen atoms in total. The lowest BCUT2D eigenvalue weighted by atomic mass is 9.94. The smallest absolute Gasteiger partial charge is 0.243 e. The van der Waals surface area contributed by atoms with E-state index in [1.807, 2.05) is 29.1 Å². The van der Waals surface area contributed by atoms with E-state index in [2.05, 4.69) is 60.0 Å². The maximum absolute atomic E-state index is 4.21. The van der Waals surface area contributed by atoms with Crippen LogP contribution in [0.25, 0.3) is 0 Å². The van der Waals surface area contributed by atoms with Gasteiger partial charge >= 0.3 is 0 Å². The second-order valence-electron chi connectivity index (χ2n) is 5.23. The number of hydrogen-bond acceptors (Lipinski definition) is 5. The van der Waals surface area contributed by atoms with Crippen LogP contribution in [0.1, 0.15) is 29.6 Å². The molecule has 1 N–H and O–H groups in total. The number of aromatic nitrogens is 5. The van der Waals surface area contributed by atoms with Crippen molar-refractivity contribution in [1.82, 2.24) is 25.2 Å². The highest BCUT2D eigenvalue weighted by atomic mass is 79.9. The number of anilines is 1. The van der Waals surface area contributed by atoms with Gasteiger partial charge in [0.1, 0.15) is 0 Å². The van der Waals surface area contributed by atoms with Crippen LogP contribution in [0.5, 0.6) is 0 Å². The van der Waals surface area contributed by atoms with E-state index in [0.717, 1.165) is 16.5 Å². The Morgan fingerprint density at radius 1 is 1.14 bits per heavy atom. The third-order valence-electron chi connectivity index (χ3n) is 3.89. The summed E-state index contributed by atoms with van der Waals surface area (Å²) < 4.78 is 2.90. The average Bonchev–Trinajstić information content (AvgIpc) is 3.04. The van der Waals surface area contributed by atoms with Gasteiger partial charge in [-0.05, 0) is 46.2 Å². The molecule has 0 saturated carbocycles. The lowest BCUT2D eigenvalue weighted by molar-refractivity contribution is 0.423. The molecule has 7 heteroatoms. The van der Waals surface area contributed by atoms with Crippen LogP contribution < -0.4 is 5.32 Å². The quantitative estimate of drug-likeness (QED) is 0.764. The van der Waals surface area contributed by atoms with Gasteiger partial charge in [0.25, 0.3) is 0 Å². The second-order valence-corrected chi connectivity index (χ2v) is 6.15. The van der Waals surface area contributed by atoms with Gasteiger partial charge in [-0.2, -0.15) is 0 Å². The van der Waals surface area contributed by atoms with Gasteiger partial charge in [0, 0.05) is 16.9 Å². The van der Waals surface area contributed by atoms with Gasteiger partial charge in [-0.15, -0.1) is 0 Å². The Labute approximate surface area is 135 Å². The molecule has 0 fully saturated rings. The van der Waals surface area contributed by atoms with Gasteiger partial charge in [0.15, 0.2) is 0 Å². The molecular formula is C15H13BrN6. The molecule has 22 heavy (non-hydrogen) atoms. The van der Waals surface area contributed by atoms with Crippen molar-refractivity contribution in [3.05, 3.63) is 64.4 Å². The summed E-state index contributed by atoms with van der Waals surface area (Å²) in [6.45, 7) is 0. The number of pyridine rings is 1. The zero-order valence-electron chi connectivity index (χ0n) is 11.6. The molecule has 3 heterocycles. The minimum absolute atomic E-state index is 0.101. The van der Waals surface area contributed by atoms with Crippen LogP contribution in [0.3, 0.4) is 0 Å². The van der Waals surface area contributed by atoms with Crippen LogP contribution in [-0.4, -0.2) is 25.2 Å². The van der Waals surface area contributed by atoms with E-state index in [4.69, 9.17) is 0 Å². The molecular weight excluding hydrogens is 344 g/mol. The molecule has 1 aliphatic rings. The fourth-order valence-corrected chi connectivity index (χ4v) is 3.06. The van der Waals surface area contributed by atoms with E-state index < -0.39 is 0 Å². The zero-order valence-corrected chi connectivity index (χ0v) is 13.2. The molecule has 0 bridgehead atoms. The van der Waals surface area contributed by atoms with Crippen LogP contribution in [0, 0.1) is 0 Å². The molecule has 2 aromatic heterocycles. The van der Waals surface area contributed by atoms with Crippen molar-refractivity contribution in [2.75, 3.05) is 5.32 Å². The summed E-state index contributed by atoms with van der Waals surface area (Å²) in [6.07, 6.45) is 4.53. The van der Waals surface area contributed by atoms with Gasteiger partial charge in [0.05, 0.1) is 12.1 Å². The number of benzene rings is 1. The number of fused-ring (bicyclic) bond motifs is 1. The largest absolute Gasteiger partial charge is 0.346 e. The summed E-state index contributed by atoms with van der Waals surface area (Å²) in [5.74, 6) is 0.688. The number of halogens is 1. The van der Waals surface area contributed by atoms with Crippen molar-refractivity contribution >= 4 is 21.9 Å². The van der Waals surface area contributed by atoms with E-state index in [-0.39, 0.29) is 12.1 Å². The molecule has 0 aliphatic carbocycles. The van der Waals surface area contributed by atoms with Crippen molar-refractivity contribution in [2.24, 2.45) is 0 Å². The first-order chi connectivity index (χ1) is 10.8. The van der Waals surface area contributed by atoms with Crippen LogP contribution in [0.2, 0.25) is 0 Å². The molecule has 1 aromatic carbocycles. The molecule has 110 valence electrons. The van der Waals surface area contributed by atoms with Gasteiger partial charge in [-0.25, -0.2) is 4.68 Å². The molecule has 2 unspecified atom stereocenters. The highest BCUT2D eigenvalue weighted by molar-refractivity contribution is 9.10. The molecule has 4 rings (SSSR count). The van der Waals surface area contributed by atoms with E-state index in [0.29, 0.717) is 5.95 Å². The van der Waals surface area contributed by atoms with Gasteiger partial charge < -0.3 is 5.32 Å². The standard InChI is InChI=1S/C15H13BrN6/c16-12-5-3-10(4-6-12)14-8-13(11-2-1-7-17-9-11)18-15-19-20-21-22(14)15/h1-7,9,13-14H,8H2,(H,18,19,21). The Morgan fingerprint density at radius 2 is 2.00 bits per heavy atom. The fourth-order valence-electron chi connectivity index (χ4n) is 2.80. The summed E-state index contributed by atoms with van der Waals surface area (Å²) in [7, 11) is 0. The lowest BCUT2D eigenvalue weighted by Gasteiger charge is -2.30. The average molecular weight is 357 g/mol. The summed E-state index contributed by atoms with van der Waals surface area (Å²) >= 11 is 3.47. The van der Waals surface area contributed by atoms with Crippen LogP contribution >= 0.6 is 15.9 Å². The van der Waals surface area contributed by atoms with Gasteiger partial charge in [0.2, 0.25) is 5.95 Å². The molecule has 3 aromatic rings. The first-order valence-corrected chi connectivity index (χ1v) is 7.80. The predicted octanol–water partition coefficient (Wildman–Crippen LogP) is 2.98. The molecule has 0 spiro atoms. The Balaban J connectivity index is 1.73. The fraction of sp³-hybridized carbons (Fsp3) is 0.200. The Bertz CT molecular complexity index is 770. The number of tetrazole rings is 1. The summed E-state index contributed by atoms with van der Waals surface area (Å²) in [6, 6.07) is 12.6. The van der Waals surface area contributed by atoms with Gasteiger partial charge in [-0.3, -0.25) is 4.98 Å². The van der Waals surface area contributed by atoms with E-state index in [1.54, 1.807) is 6.20 Å². The van der Waals surface area contributed by atoms with Crippen LogP contribution in [-0.2, 0) is 0 Å². The summed E-state index contributed by atoms with van der Waals surface area (Å²) in [4.78, 5) is 4.21. The lowest BCUT2D eigenvalue weighted by Crippen LogP contribution is -2.28. The van der Waals surface area contributed by atoms with Crippen molar-refractivity contribution in [3.8, 4) is 0 Å². The first-order valence-electron chi connectivity index (χ1n) is 7.01. The minimum Gasteiger partial charge on any atom is -0.346 e. The van der Waals surface area contributed by atoms with Crippen LogP contribution in [0.15, 0.2) is 53.3 Å². The normalized spacial score (nSPS) is 20.2. The second kappa shape index (κ2) is 5.49. The maximum Gasteiger partial charge on any atom is 0.243 e. The Morgan fingerprint density at radius 3 is 2.77 bits per heavy atom. The molecule has 0 saturated heterocycles. The number of nitrogens with one attached hydrogen (secondary N) is 1. The minimum atomic E-state index is 0.101. The van der Waals surface area contributed by atoms with Gasteiger partial charge in [-0.1, -0.05) is 39.2 Å². The molecule has 0 radical (unpaired) electrons. The molecule has 0 amide bonds. The summed E-state index contributed by atoms with van der Waals surface area (Å²) in [5.41, 5.74) is 2.33. The number of rotatable bonds is 2. The van der Waals surface area contributed by atoms with Crippen LogP contribution in [0.4, 0.5) is 5.95 Å². The highest BCUT2D eigenvalue weighted by Gasteiger charge is 2.30. The van der Waals surface area contributed by atoms with E-state index >= 15 is 0 Å². The SMILES string of the molecule is Brc1ccc(C2CC(c3cccnc3)Nc3nnnn32)cc1. The monoisotopic (exact) mass is 356 g/mol. The first kappa shape index (κ1) is 13.4. The Kier molecular flexibility index (Phi) is 3.34. The number of nitrogens with zero attached hydrogens (tertiary/aromatic N) is 5. The van der Waals surface area contributed by atoms with Crippen molar-refractivity contribution in [2.45, 2.75) is 18.5 Å². The molecule has 1 aliphatic heterocycles. The predicted molar refractivity (Wildman–Crippen MR) is 85.3 cm³/mol. The Hall–Kier alpha value is -2.28. The third-order valence-corrected chi connectivity index (χ3v) is 4.42. The topological polar surface area (TPSA) is 68.5 Å². The third kappa shape index (κ3) is 2.37. The zero-order chi connectivity index (χ0) is 14.9. The molecule has 2 atom stereocenters. The highest BCUT2D eigenvalue weighted by Crippen LogP contribution is 2.36. The maximum atomic E-state index is 4.21.